The Hall–Kier alpha value is -2.33. The van der Waals surface area contributed by atoms with Gasteiger partial charge in [0.25, 0.3) is 11.8 Å². The lowest BCUT2D eigenvalue weighted by molar-refractivity contribution is 0.0719. The molecule has 0 spiro atoms. The van der Waals surface area contributed by atoms with Crippen LogP contribution in [0.15, 0.2) is 48.5 Å². The van der Waals surface area contributed by atoms with Crippen molar-refractivity contribution in [1.82, 2.24) is 9.80 Å². The smallest absolute Gasteiger partial charge is 0.255 e. The van der Waals surface area contributed by atoms with Crippen molar-refractivity contribution in [2.24, 2.45) is 5.92 Å². The Balaban J connectivity index is 1.64. The normalized spacial score (nSPS) is 14.9. The van der Waals surface area contributed by atoms with E-state index < -0.39 is 0 Å². The quantitative estimate of drug-likeness (QED) is 0.759. The van der Waals surface area contributed by atoms with Gasteiger partial charge in [0.05, 0.1) is 10.6 Å². The van der Waals surface area contributed by atoms with E-state index in [1.807, 2.05) is 41.3 Å². The molecule has 2 aromatic carbocycles. The van der Waals surface area contributed by atoms with Crippen molar-refractivity contribution in [3.8, 4) is 0 Å². The van der Waals surface area contributed by atoms with Crippen LogP contribution in [-0.4, -0.2) is 47.8 Å². The summed E-state index contributed by atoms with van der Waals surface area (Å²) in [4.78, 5) is 29.3. The summed E-state index contributed by atoms with van der Waals surface area (Å²) in [5, 5.41) is 0.464. The first-order valence-electron chi connectivity index (χ1n) is 9.87. The fourth-order valence-corrected chi connectivity index (χ4v) is 3.78. The van der Waals surface area contributed by atoms with Crippen LogP contribution < -0.4 is 0 Å². The molecule has 2 amide bonds. The second kappa shape index (κ2) is 9.24. The Bertz CT molecular complexity index is 833. The van der Waals surface area contributed by atoms with E-state index in [-0.39, 0.29) is 11.8 Å². The van der Waals surface area contributed by atoms with Gasteiger partial charge in [-0.3, -0.25) is 9.59 Å². The number of halogens is 1. The van der Waals surface area contributed by atoms with Gasteiger partial charge >= 0.3 is 0 Å². The number of hydrogen-bond donors (Lipinski definition) is 0. The molecule has 0 N–H and O–H groups in total. The second-order valence-electron chi connectivity index (χ2n) is 7.71. The van der Waals surface area contributed by atoms with E-state index in [9.17, 15) is 9.59 Å². The van der Waals surface area contributed by atoms with Gasteiger partial charge in [0.2, 0.25) is 0 Å². The lowest BCUT2D eigenvalue weighted by Gasteiger charge is -2.22. The van der Waals surface area contributed by atoms with Gasteiger partial charge in [0.1, 0.15) is 0 Å². The molecule has 1 saturated heterocycles. The van der Waals surface area contributed by atoms with E-state index in [0.717, 1.165) is 12.8 Å². The summed E-state index contributed by atoms with van der Waals surface area (Å²) >= 11 is 6.17. The second-order valence-corrected chi connectivity index (χ2v) is 8.12. The molecule has 0 atom stereocenters. The van der Waals surface area contributed by atoms with Crippen LogP contribution >= 0.6 is 11.6 Å². The summed E-state index contributed by atoms with van der Waals surface area (Å²) in [6.45, 7) is 6.70. The summed E-state index contributed by atoms with van der Waals surface area (Å²) in [5.41, 5.74) is 2.47. The zero-order valence-electron chi connectivity index (χ0n) is 16.5. The molecule has 1 aliphatic rings. The van der Waals surface area contributed by atoms with Crippen LogP contribution in [0.2, 0.25) is 5.02 Å². The summed E-state index contributed by atoms with van der Waals surface area (Å²) in [7, 11) is 0. The highest BCUT2D eigenvalue weighted by molar-refractivity contribution is 6.33. The van der Waals surface area contributed by atoms with Crippen molar-refractivity contribution in [3.63, 3.8) is 0 Å². The fourth-order valence-electron chi connectivity index (χ4n) is 3.57. The number of rotatable bonds is 4. The van der Waals surface area contributed by atoms with Crippen molar-refractivity contribution in [1.29, 1.82) is 0 Å². The topological polar surface area (TPSA) is 40.6 Å². The number of benzene rings is 2. The lowest BCUT2D eigenvalue weighted by Crippen LogP contribution is -2.37. The maximum atomic E-state index is 12.9. The van der Waals surface area contributed by atoms with Crippen molar-refractivity contribution in [3.05, 3.63) is 70.2 Å². The molecule has 1 heterocycles. The van der Waals surface area contributed by atoms with Gasteiger partial charge in [-0.2, -0.15) is 0 Å². The maximum absolute atomic E-state index is 12.9. The lowest BCUT2D eigenvalue weighted by atomic mass is 10.0. The molecule has 1 aliphatic heterocycles. The minimum absolute atomic E-state index is 0.0307. The number of nitrogens with zero attached hydrogens (tertiary/aromatic N) is 2. The summed E-state index contributed by atoms with van der Waals surface area (Å²) in [5.74, 6) is 0.551. The first-order chi connectivity index (χ1) is 13.5. The van der Waals surface area contributed by atoms with E-state index in [1.54, 1.807) is 17.0 Å². The van der Waals surface area contributed by atoms with E-state index in [1.165, 1.54) is 5.56 Å². The first-order valence-corrected chi connectivity index (χ1v) is 10.3. The van der Waals surface area contributed by atoms with Crippen LogP contribution in [-0.2, 0) is 6.42 Å². The molecular weight excluding hydrogens is 372 g/mol. The monoisotopic (exact) mass is 398 g/mol. The predicted octanol–water partition coefficient (Wildman–Crippen LogP) is 4.53. The van der Waals surface area contributed by atoms with Crippen LogP contribution in [0.1, 0.15) is 46.5 Å². The van der Waals surface area contributed by atoms with Crippen LogP contribution in [0.4, 0.5) is 0 Å². The molecule has 0 saturated carbocycles. The van der Waals surface area contributed by atoms with E-state index in [4.69, 9.17) is 11.6 Å². The third-order valence-electron chi connectivity index (χ3n) is 5.02. The number of carbonyl (C=O) groups is 2. The number of amides is 2. The maximum Gasteiger partial charge on any atom is 0.255 e. The number of carbonyl (C=O) groups excluding carboxylic acids is 2. The zero-order chi connectivity index (χ0) is 20.1. The van der Waals surface area contributed by atoms with Crippen molar-refractivity contribution in [2.45, 2.75) is 26.7 Å². The Kier molecular flexibility index (Phi) is 6.74. The molecule has 2 aromatic rings. The average Bonchev–Trinajstić information content (AvgIpc) is 2.94. The Morgan fingerprint density at radius 2 is 1.50 bits per heavy atom. The highest BCUT2D eigenvalue weighted by Gasteiger charge is 2.24. The third kappa shape index (κ3) is 4.93. The van der Waals surface area contributed by atoms with Crippen molar-refractivity contribution in [2.75, 3.05) is 26.2 Å². The van der Waals surface area contributed by atoms with Crippen LogP contribution in [0.3, 0.4) is 0 Å². The first kappa shape index (κ1) is 20.4. The molecule has 4 nitrogen and oxygen atoms in total. The molecule has 0 aromatic heterocycles. The average molecular weight is 399 g/mol. The molecule has 0 aliphatic carbocycles. The molecule has 28 heavy (non-hydrogen) atoms. The van der Waals surface area contributed by atoms with Crippen LogP contribution in [0.25, 0.3) is 0 Å². The van der Waals surface area contributed by atoms with Gasteiger partial charge in [0.15, 0.2) is 0 Å². The molecule has 0 bridgehead atoms. The molecule has 0 unspecified atom stereocenters. The molecule has 148 valence electrons. The van der Waals surface area contributed by atoms with E-state index >= 15 is 0 Å². The van der Waals surface area contributed by atoms with Crippen LogP contribution in [0.5, 0.6) is 0 Å². The molecule has 1 fully saturated rings. The van der Waals surface area contributed by atoms with E-state index in [0.29, 0.717) is 48.2 Å². The number of hydrogen-bond acceptors (Lipinski definition) is 2. The van der Waals surface area contributed by atoms with Gasteiger partial charge < -0.3 is 9.80 Å². The minimum atomic E-state index is -0.0714. The fraction of sp³-hybridized carbons (Fsp3) is 0.391. The largest absolute Gasteiger partial charge is 0.337 e. The third-order valence-corrected chi connectivity index (χ3v) is 5.35. The molecule has 5 heteroatoms. The van der Waals surface area contributed by atoms with Gasteiger partial charge in [-0.15, -0.1) is 0 Å². The Morgan fingerprint density at radius 3 is 2.11 bits per heavy atom. The van der Waals surface area contributed by atoms with Gasteiger partial charge in [-0.25, -0.2) is 0 Å². The summed E-state index contributed by atoms with van der Waals surface area (Å²) < 4.78 is 0. The summed E-state index contributed by atoms with van der Waals surface area (Å²) in [6.07, 6.45) is 1.77. The standard InChI is InChI=1S/C23H27ClN2O2/c1-17(2)16-18-8-10-19(11-9-18)22(27)25-12-5-13-26(15-14-25)23(28)20-6-3-4-7-21(20)24/h3-4,6-11,17H,5,12-16H2,1-2H3. The zero-order valence-corrected chi connectivity index (χ0v) is 17.3. The van der Waals surface area contributed by atoms with E-state index in [2.05, 4.69) is 13.8 Å². The Labute approximate surface area is 172 Å². The molecule has 0 radical (unpaired) electrons. The van der Waals surface area contributed by atoms with Gasteiger partial charge in [-0.1, -0.05) is 49.7 Å². The summed E-state index contributed by atoms with van der Waals surface area (Å²) in [6, 6.07) is 15.0. The van der Waals surface area contributed by atoms with Crippen molar-refractivity contribution >= 4 is 23.4 Å². The van der Waals surface area contributed by atoms with Crippen LogP contribution in [0, 0.1) is 5.92 Å². The van der Waals surface area contributed by atoms with Gasteiger partial charge in [-0.05, 0) is 48.6 Å². The minimum Gasteiger partial charge on any atom is -0.337 e. The van der Waals surface area contributed by atoms with Crippen molar-refractivity contribution < 1.29 is 9.59 Å². The molecule has 3 rings (SSSR count). The Morgan fingerprint density at radius 1 is 0.893 bits per heavy atom. The highest BCUT2D eigenvalue weighted by Crippen LogP contribution is 2.19. The SMILES string of the molecule is CC(C)Cc1ccc(C(=O)N2CCCN(C(=O)c3ccccc3Cl)CC2)cc1. The predicted molar refractivity (Wildman–Crippen MR) is 113 cm³/mol. The molecular formula is C23H27ClN2O2. The highest BCUT2D eigenvalue weighted by atomic mass is 35.5. The van der Waals surface area contributed by atoms with Gasteiger partial charge in [0, 0.05) is 31.7 Å².